The van der Waals surface area contributed by atoms with Crippen molar-refractivity contribution in [2.24, 2.45) is 0 Å². The fourth-order valence-electron chi connectivity index (χ4n) is 1.31. The van der Waals surface area contributed by atoms with Gasteiger partial charge < -0.3 is 0 Å². The van der Waals surface area contributed by atoms with E-state index in [9.17, 15) is 0 Å². The molecule has 12 heavy (non-hydrogen) atoms. The summed E-state index contributed by atoms with van der Waals surface area (Å²) in [5.74, 6) is 0.537. The third-order valence-electron chi connectivity index (χ3n) is 1.98. The molecule has 0 fully saturated rings. The standard InChI is InChI=1S/C10H13BCl/c1-7(2)9-6-8(12)4-5-10(9)11-3/h4-7H,1-3H3. The van der Waals surface area contributed by atoms with Crippen molar-refractivity contribution in [3.63, 3.8) is 0 Å². The van der Waals surface area contributed by atoms with E-state index in [-0.39, 0.29) is 0 Å². The van der Waals surface area contributed by atoms with E-state index in [1.807, 2.05) is 12.1 Å². The maximum Gasteiger partial charge on any atom is 0.148 e. The number of rotatable bonds is 2. The van der Waals surface area contributed by atoms with Gasteiger partial charge >= 0.3 is 0 Å². The molecule has 0 N–H and O–H groups in total. The van der Waals surface area contributed by atoms with E-state index < -0.39 is 0 Å². The normalized spacial score (nSPS) is 10.4. The van der Waals surface area contributed by atoms with Gasteiger partial charge in [-0.15, -0.1) is 0 Å². The SMILES string of the molecule is C[B]c1ccc(Cl)cc1C(C)C. The van der Waals surface area contributed by atoms with Gasteiger partial charge in [-0.05, 0) is 18.1 Å². The average Bonchev–Trinajstić information content (AvgIpc) is 2.04. The smallest absolute Gasteiger partial charge is 0.0872 e. The first-order chi connectivity index (χ1) is 5.65. The van der Waals surface area contributed by atoms with Crippen LogP contribution in [0.15, 0.2) is 18.2 Å². The van der Waals surface area contributed by atoms with Crippen molar-refractivity contribution in [3.05, 3.63) is 28.8 Å². The molecule has 0 aromatic heterocycles. The number of hydrogen-bond donors (Lipinski definition) is 0. The molecule has 1 aromatic carbocycles. The first kappa shape index (κ1) is 9.66. The van der Waals surface area contributed by atoms with Crippen molar-refractivity contribution in [2.75, 3.05) is 0 Å². The van der Waals surface area contributed by atoms with Gasteiger partial charge in [-0.25, -0.2) is 0 Å². The highest BCUT2D eigenvalue weighted by molar-refractivity contribution is 6.52. The predicted octanol–water partition coefficient (Wildman–Crippen LogP) is 2.84. The molecular formula is C10H13BCl. The lowest BCUT2D eigenvalue weighted by molar-refractivity contribution is 0.873. The zero-order valence-electron chi connectivity index (χ0n) is 7.76. The van der Waals surface area contributed by atoms with Crippen molar-refractivity contribution in [1.29, 1.82) is 0 Å². The van der Waals surface area contributed by atoms with Crippen LogP contribution < -0.4 is 5.46 Å². The van der Waals surface area contributed by atoms with Gasteiger partial charge in [0.15, 0.2) is 0 Å². The Bertz CT molecular complexity index is 269. The van der Waals surface area contributed by atoms with Gasteiger partial charge in [0.1, 0.15) is 7.28 Å². The quantitative estimate of drug-likeness (QED) is 0.613. The molecule has 1 radical (unpaired) electrons. The molecule has 0 aliphatic rings. The van der Waals surface area contributed by atoms with Crippen LogP contribution in [0, 0.1) is 0 Å². The second-order valence-electron chi connectivity index (χ2n) is 3.22. The molecular weight excluding hydrogens is 166 g/mol. The zero-order chi connectivity index (χ0) is 9.14. The van der Waals surface area contributed by atoms with Crippen molar-refractivity contribution >= 4 is 24.3 Å². The highest BCUT2D eigenvalue weighted by atomic mass is 35.5. The second kappa shape index (κ2) is 4.00. The minimum atomic E-state index is 0.537. The maximum atomic E-state index is 5.90. The van der Waals surface area contributed by atoms with Gasteiger partial charge in [0.05, 0.1) is 0 Å². The summed E-state index contributed by atoms with van der Waals surface area (Å²) in [5.41, 5.74) is 2.61. The topological polar surface area (TPSA) is 0 Å². The van der Waals surface area contributed by atoms with E-state index >= 15 is 0 Å². The summed E-state index contributed by atoms with van der Waals surface area (Å²) in [6.07, 6.45) is 0. The summed E-state index contributed by atoms with van der Waals surface area (Å²) >= 11 is 5.90. The Balaban J connectivity index is 3.12. The first-order valence-electron chi connectivity index (χ1n) is 4.24. The van der Waals surface area contributed by atoms with Gasteiger partial charge in [0.2, 0.25) is 0 Å². The minimum Gasteiger partial charge on any atom is -0.0872 e. The molecule has 0 saturated carbocycles. The molecule has 63 valence electrons. The summed E-state index contributed by atoms with van der Waals surface area (Å²) < 4.78 is 0. The van der Waals surface area contributed by atoms with Crippen LogP contribution in [0.1, 0.15) is 25.3 Å². The number of halogens is 1. The molecule has 0 aliphatic heterocycles. The molecule has 1 aromatic rings. The Morgan fingerprint density at radius 3 is 2.50 bits per heavy atom. The van der Waals surface area contributed by atoms with E-state index in [1.54, 1.807) is 0 Å². The van der Waals surface area contributed by atoms with Crippen molar-refractivity contribution < 1.29 is 0 Å². The first-order valence-corrected chi connectivity index (χ1v) is 4.61. The van der Waals surface area contributed by atoms with Gasteiger partial charge in [-0.3, -0.25) is 0 Å². The number of benzene rings is 1. The lowest BCUT2D eigenvalue weighted by Gasteiger charge is -2.11. The van der Waals surface area contributed by atoms with Crippen LogP contribution in [-0.2, 0) is 0 Å². The lowest BCUT2D eigenvalue weighted by atomic mass is 9.69. The van der Waals surface area contributed by atoms with Crippen LogP contribution in [0.5, 0.6) is 0 Å². The Labute approximate surface area is 80.2 Å². The molecule has 2 heteroatoms. The van der Waals surface area contributed by atoms with E-state index in [0.717, 1.165) is 5.02 Å². The van der Waals surface area contributed by atoms with Crippen LogP contribution in [0.25, 0.3) is 0 Å². The molecule has 0 atom stereocenters. The fraction of sp³-hybridized carbons (Fsp3) is 0.400. The minimum absolute atomic E-state index is 0.537. The number of hydrogen-bond acceptors (Lipinski definition) is 0. The summed E-state index contributed by atoms with van der Waals surface area (Å²) in [4.78, 5) is 0. The largest absolute Gasteiger partial charge is 0.148 e. The van der Waals surface area contributed by atoms with Gasteiger partial charge in [0.25, 0.3) is 0 Å². The van der Waals surface area contributed by atoms with Crippen molar-refractivity contribution in [2.45, 2.75) is 26.6 Å². The molecule has 0 aliphatic carbocycles. The van der Waals surface area contributed by atoms with Gasteiger partial charge in [0, 0.05) is 5.02 Å². The highest BCUT2D eigenvalue weighted by Crippen LogP contribution is 2.16. The van der Waals surface area contributed by atoms with E-state index in [4.69, 9.17) is 11.6 Å². The van der Waals surface area contributed by atoms with Gasteiger partial charge in [-0.2, -0.15) is 0 Å². The molecule has 0 heterocycles. The van der Waals surface area contributed by atoms with E-state index in [2.05, 4.69) is 34.0 Å². The Hall–Kier alpha value is -0.425. The zero-order valence-corrected chi connectivity index (χ0v) is 8.52. The van der Waals surface area contributed by atoms with Gasteiger partial charge in [-0.1, -0.05) is 49.4 Å². The second-order valence-corrected chi connectivity index (χ2v) is 3.65. The molecule has 0 saturated heterocycles. The lowest BCUT2D eigenvalue weighted by Crippen LogP contribution is -2.17. The fourth-order valence-corrected chi connectivity index (χ4v) is 1.49. The van der Waals surface area contributed by atoms with Crippen molar-refractivity contribution in [1.82, 2.24) is 0 Å². The van der Waals surface area contributed by atoms with E-state index in [0.29, 0.717) is 5.92 Å². The highest BCUT2D eigenvalue weighted by Gasteiger charge is 2.05. The molecule has 0 amide bonds. The molecule has 0 spiro atoms. The molecule has 0 nitrogen and oxygen atoms in total. The molecule has 0 unspecified atom stereocenters. The summed E-state index contributed by atoms with van der Waals surface area (Å²) in [6.45, 7) is 6.41. The Morgan fingerprint density at radius 1 is 1.33 bits per heavy atom. The van der Waals surface area contributed by atoms with Crippen LogP contribution in [0.2, 0.25) is 11.8 Å². The summed E-state index contributed by atoms with van der Waals surface area (Å²) in [7, 11) is 2.12. The Kier molecular flexibility index (Phi) is 3.22. The average molecular weight is 179 g/mol. The van der Waals surface area contributed by atoms with Crippen LogP contribution >= 0.6 is 11.6 Å². The monoisotopic (exact) mass is 179 g/mol. The van der Waals surface area contributed by atoms with E-state index in [1.165, 1.54) is 11.0 Å². The maximum absolute atomic E-state index is 5.90. The summed E-state index contributed by atoms with van der Waals surface area (Å²) in [6, 6.07) is 6.04. The molecule has 0 bridgehead atoms. The molecule has 1 rings (SSSR count). The predicted molar refractivity (Wildman–Crippen MR) is 56.8 cm³/mol. The van der Waals surface area contributed by atoms with Crippen molar-refractivity contribution in [3.8, 4) is 0 Å². The third-order valence-corrected chi connectivity index (χ3v) is 2.22. The van der Waals surface area contributed by atoms with Crippen LogP contribution in [-0.4, -0.2) is 7.28 Å². The Morgan fingerprint density at radius 2 is 2.00 bits per heavy atom. The van der Waals surface area contributed by atoms with Crippen LogP contribution in [0.3, 0.4) is 0 Å². The summed E-state index contributed by atoms with van der Waals surface area (Å²) in [5, 5.41) is 0.823. The van der Waals surface area contributed by atoms with Crippen LogP contribution in [0.4, 0.5) is 0 Å². The third kappa shape index (κ3) is 2.04.